The highest BCUT2D eigenvalue weighted by Gasteiger charge is 2.38. The van der Waals surface area contributed by atoms with Crippen LogP contribution in [0.15, 0.2) is 24.3 Å². The van der Waals surface area contributed by atoms with E-state index < -0.39 is 0 Å². The summed E-state index contributed by atoms with van der Waals surface area (Å²) in [6.07, 6.45) is 3.13. The molecule has 1 saturated carbocycles. The molecule has 3 N–H and O–H groups in total. The summed E-state index contributed by atoms with van der Waals surface area (Å²) in [6.45, 7) is 4.35. The molecule has 2 atom stereocenters. The van der Waals surface area contributed by atoms with Crippen molar-refractivity contribution in [3.05, 3.63) is 35.6 Å². The summed E-state index contributed by atoms with van der Waals surface area (Å²) in [4.78, 5) is 12.0. The molecule has 1 aromatic carbocycles. The van der Waals surface area contributed by atoms with E-state index in [1.807, 2.05) is 26.0 Å². The average Bonchev–Trinajstić information content (AvgIpc) is 2.46. The minimum atomic E-state index is -0.240. The second-order valence-electron chi connectivity index (χ2n) is 6.42. The van der Waals surface area contributed by atoms with Gasteiger partial charge in [-0.2, -0.15) is 0 Å². The Morgan fingerprint density at radius 3 is 2.45 bits per heavy atom. The normalized spacial score (nSPS) is 18.9. The molecule has 0 radical (unpaired) electrons. The van der Waals surface area contributed by atoms with E-state index in [0.29, 0.717) is 6.54 Å². The van der Waals surface area contributed by atoms with Crippen LogP contribution < -0.4 is 10.6 Å². The van der Waals surface area contributed by atoms with E-state index in [1.54, 1.807) is 0 Å². The molecule has 0 saturated heterocycles. The van der Waals surface area contributed by atoms with Crippen LogP contribution in [0.1, 0.15) is 38.7 Å². The number of carbonyl (C=O) groups excluding carboxylic acids is 1. The number of halogens is 1. The maximum atomic E-state index is 13.1. The van der Waals surface area contributed by atoms with Gasteiger partial charge in [0.15, 0.2) is 0 Å². The highest BCUT2D eigenvalue weighted by atomic mass is 19.1. The number of amides is 2. The van der Waals surface area contributed by atoms with E-state index >= 15 is 0 Å². The number of aliphatic hydroxyl groups is 1. The molecule has 0 aromatic heterocycles. The maximum Gasteiger partial charge on any atom is 0.315 e. The number of urea groups is 1. The number of benzene rings is 1. The molecule has 5 heteroatoms. The molecule has 1 aromatic rings. The zero-order valence-corrected chi connectivity index (χ0v) is 13.2. The molecule has 0 bridgehead atoms. The standard InChI is InChI=1S/C17H25FN2O2/c1-12(10-21)13(2)20-16(22)19-11-17(8-3-9-17)14-4-6-15(18)7-5-14/h4-7,12-13,21H,3,8-11H2,1-2H3,(H2,19,20,22). The molecule has 2 unspecified atom stereocenters. The first-order valence-corrected chi connectivity index (χ1v) is 7.88. The third-order valence-corrected chi connectivity index (χ3v) is 4.85. The van der Waals surface area contributed by atoms with Crippen molar-refractivity contribution in [2.45, 2.75) is 44.6 Å². The largest absolute Gasteiger partial charge is 0.396 e. The van der Waals surface area contributed by atoms with Crippen LogP contribution in [0.5, 0.6) is 0 Å². The van der Waals surface area contributed by atoms with Crippen LogP contribution in [0.3, 0.4) is 0 Å². The molecule has 0 aliphatic heterocycles. The third-order valence-electron chi connectivity index (χ3n) is 4.85. The Kier molecular flexibility index (Phi) is 5.40. The lowest BCUT2D eigenvalue weighted by Gasteiger charge is -2.42. The second kappa shape index (κ2) is 7.09. The van der Waals surface area contributed by atoms with Gasteiger partial charge in [0.25, 0.3) is 0 Å². The Balaban J connectivity index is 1.91. The highest BCUT2D eigenvalue weighted by Crippen LogP contribution is 2.43. The second-order valence-corrected chi connectivity index (χ2v) is 6.42. The summed E-state index contributed by atoms with van der Waals surface area (Å²) in [5, 5.41) is 14.9. The number of hydrogen-bond acceptors (Lipinski definition) is 2. The molecule has 2 amide bonds. The molecular formula is C17H25FN2O2. The van der Waals surface area contributed by atoms with E-state index in [-0.39, 0.29) is 35.8 Å². The Bertz CT molecular complexity index is 500. The quantitative estimate of drug-likeness (QED) is 0.756. The summed E-state index contributed by atoms with van der Waals surface area (Å²) in [5.74, 6) is -0.226. The minimum Gasteiger partial charge on any atom is -0.396 e. The molecule has 4 nitrogen and oxygen atoms in total. The first-order valence-electron chi connectivity index (χ1n) is 7.88. The topological polar surface area (TPSA) is 61.4 Å². The first kappa shape index (κ1) is 16.7. The number of hydrogen-bond donors (Lipinski definition) is 3. The molecular weight excluding hydrogens is 283 g/mol. The predicted molar refractivity (Wildman–Crippen MR) is 84.2 cm³/mol. The first-order chi connectivity index (χ1) is 10.5. The van der Waals surface area contributed by atoms with E-state index in [9.17, 15) is 9.18 Å². The Hall–Kier alpha value is -1.62. The van der Waals surface area contributed by atoms with Gasteiger partial charge in [0.1, 0.15) is 5.82 Å². The highest BCUT2D eigenvalue weighted by molar-refractivity contribution is 5.74. The van der Waals surface area contributed by atoms with Gasteiger partial charge >= 0.3 is 6.03 Å². The van der Waals surface area contributed by atoms with Crippen LogP contribution >= 0.6 is 0 Å². The molecule has 1 aliphatic carbocycles. The molecule has 22 heavy (non-hydrogen) atoms. The van der Waals surface area contributed by atoms with Crippen LogP contribution in [0, 0.1) is 11.7 Å². The van der Waals surface area contributed by atoms with Crippen molar-refractivity contribution in [2.75, 3.05) is 13.2 Å². The lowest BCUT2D eigenvalue weighted by molar-refractivity contribution is 0.193. The minimum absolute atomic E-state index is 0.0144. The zero-order valence-electron chi connectivity index (χ0n) is 13.2. The number of nitrogens with one attached hydrogen (secondary N) is 2. The van der Waals surface area contributed by atoms with Gasteiger partial charge in [-0.1, -0.05) is 25.5 Å². The molecule has 1 aliphatic rings. The fourth-order valence-corrected chi connectivity index (χ4v) is 2.78. The van der Waals surface area contributed by atoms with Crippen LogP contribution in [0.4, 0.5) is 9.18 Å². The summed E-state index contributed by atoms with van der Waals surface area (Å²) in [6, 6.07) is 6.25. The van der Waals surface area contributed by atoms with Gasteiger partial charge in [0.2, 0.25) is 0 Å². The molecule has 2 rings (SSSR count). The van der Waals surface area contributed by atoms with E-state index in [4.69, 9.17) is 5.11 Å². The third kappa shape index (κ3) is 3.77. The Morgan fingerprint density at radius 2 is 1.95 bits per heavy atom. The van der Waals surface area contributed by atoms with Crippen LogP contribution in [-0.2, 0) is 5.41 Å². The monoisotopic (exact) mass is 308 g/mol. The SMILES string of the molecule is CC(CO)C(C)NC(=O)NCC1(c2ccc(F)cc2)CCC1. The van der Waals surface area contributed by atoms with Crippen molar-refractivity contribution < 1.29 is 14.3 Å². The molecule has 0 spiro atoms. The van der Waals surface area contributed by atoms with Crippen molar-refractivity contribution in [2.24, 2.45) is 5.92 Å². The lowest BCUT2D eigenvalue weighted by atomic mass is 9.64. The fourth-order valence-electron chi connectivity index (χ4n) is 2.78. The van der Waals surface area contributed by atoms with Crippen LogP contribution in [0.2, 0.25) is 0 Å². The van der Waals surface area contributed by atoms with Gasteiger partial charge in [-0.05, 0) is 43.4 Å². The van der Waals surface area contributed by atoms with Crippen molar-refractivity contribution in [3.8, 4) is 0 Å². The summed E-state index contributed by atoms with van der Waals surface area (Å²) < 4.78 is 13.1. The Labute approximate surface area is 131 Å². The van der Waals surface area contributed by atoms with Gasteiger partial charge in [0.05, 0.1) is 0 Å². The fraction of sp³-hybridized carbons (Fsp3) is 0.588. The van der Waals surface area contributed by atoms with Crippen molar-refractivity contribution in [1.82, 2.24) is 10.6 Å². The maximum absolute atomic E-state index is 13.1. The number of aliphatic hydroxyl groups excluding tert-OH is 1. The Morgan fingerprint density at radius 1 is 1.32 bits per heavy atom. The van der Waals surface area contributed by atoms with Gasteiger partial charge in [-0.3, -0.25) is 0 Å². The molecule has 0 heterocycles. The average molecular weight is 308 g/mol. The van der Waals surface area contributed by atoms with Gasteiger partial charge in [-0.25, -0.2) is 9.18 Å². The van der Waals surface area contributed by atoms with E-state index in [0.717, 1.165) is 24.8 Å². The smallest absolute Gasteiger partial charge is 0.315 e. The van der Waals surface area contributed by atoms with Gasteiger partial charge in [0, 0.05) is 24.6 Å². The predicted octanol–water partition coefficient (Wildman–Crippen LogP) is 2.56. The van der Waals surface area contributed by atoms with Gasteiger partial charge in [-0.15, -0.1) is 0 Å². The van der Waals surface area contributed by atoms with Crippen LogP contribution in [0.25, 0.3) is 0 Å². The van der Waals surface area contributed by atoms with Gasteiger partial charge < -0.3 is 15.7 Å². The van der Waals surface area contributed by atoms with E-state index in [1.165, 1.54) is 12.1 Å². The van der Waals surface area contributed by atoms with Crippen LogP contribution in [-0.4, -0.2) is 30.3 Å². The summed E-state index contributed by atoms with van der Waals surface area (Å²) in [5.41, 5.74) is 1.01. The van der Waals surface area contributed by atoms with Crippen molar-refractivity contribution >= 4 is 6.03 Å². The number of rotatable bonds is 6. The molecule has 122 valence electrons. The molecule has 1 fully saturated rings. The summed E-state index contributed by atoms with van der Waals surface area (Å²) >= 11 is 0. The van der Waals surface area contributed by atoms with Crippen molar-refractivity contribution in [3.63, 3.8) is 0 Å². The lowest BCUT2D eigenvalue weighted by Crippen LogP contribution is -2.50. The summed E-state index contributed by atoms with van der Waals surface area (Å²) in [7, 11) is 0. The van der Waals surface area contributed by atoms with Crippen molar-refractivity contribution in [1.29, 1.82) is 0 Å². The number of carbonyl (C=O) groups is 1. The zero-order chi connectivity index (χ0) is 16.2. The van der Waals surface area contributed by atoms with E-state index in [2.05, 4.69) is 10.6 Å².